The van der Waals surface area contributed by atoms with Gasteiger partial charge in [-0.25, -0.2) is 0 Å². The number of carbonyl (C=O) groups excluding carboxylic acids is 1. The van der Waals surface area contributed by atoms with Crippen LogP contribution in [0.5, 0.6) is 0 Å². The number of hydrogen-bond donors (Lipinski definition) is 1. The zero-order valence-corrected chi connectivity index (χ0v) is 15.6. The number of hydrogen-bond acceptors (Lipinski definition) is 2. The third-order valence-electron chi connectivity index (χ3n) is 6.80. The fraction of sp³-hybridized carbons (Fsp3) is 0.667. The van der Waals surface area contributed by atoms with Gasteiger partial charge in [0.2, 0.25) is 5.91 Å². The van der Waals surface area contributed by atoms with Crippen molar-refractivity contribution in [2.75, 3.05) is 7.05 Å². The molecule has 0 radical (unpaired) electrons. The van der Waals surface area contributed by atoms with Crippen LogP contribution in [0.1, 0.15) is 56.1 Å². The number of nitrogens with zero attached hydrogens (tertiary/aromatic N) is 1. The van der Waals surface area contributed by atoms with Gasteiger partial charge < -0.3 is 10.0 Å². The van der Waals surface area contributed by atoms with Gasteiger partial charge in [-0.15, -0.1) is 0 Å². The lowest BCUT2D eigenvalue weighted by Crippen LogP contribution is -2.56. The quantitative estimate of drug-likeness (QED) is 0.841. The van der Waals surface area contributed by atoms with Gasteiger partial charge >= 0.3 is 6.18 Å². The SMILES string of the molecule is CN(Cc1ccc(C(F)(F)F)cc1)C(=O)CC12CC3CC(CC(O)(C3)C1)C2. The molecule has 1 N–H and O–H groups in total. The van der Waals surface area contributed by atoms with Gasteiger partial charge in [-0.05, 0) is 73.5 Å². The Kier molecular flexibility index (Phi) is 4.33. The monoisotopic (exact) mass is 381 g/mol. The van der Waals surface area contributed by atoms with Crippen LogP contribution in [0.3, 0.4) is 0 Å². The van der Waals surface area contributed by atoms with Gasteiger partial charge in [0.1, 0.15) is 0 Å². The number of halogens is 3. The second-order valence-electron chi connectivity index (χ2n) is 9.31. The molecule has 4 aliphatic rings. The highest BCUT2D eigenvalue weighted by Crippen LogP contribution is 2.62. The average Bonchev–Trinajstić information content (AvgIpc) is 2.51. The molecule has 2 unspecified atom stereocenters. The summed E-state index contributed by atoms with van der Waals surface area (Å²) >= 11 is 0. The van der Waals surface area contributed by atoms with E-state index in [4.69, 9.17) is 0 Å². The zero-order valence-electron chi connectivity index (χ0n) is 15.6. The Hall–Kier alpha value is -1.56. The Labute approximate surface area is 157 Å². The van der Waals surface area contributed by atoms with Gasteiger partial charge in [0, 0.05) is 20.0 Å². The van der Waals surface area contributed by atoms with Crippen molar-refractivity contribution < 1.29 is 23.1 Å². The molecule has 3 nitrogen and oxygen atoms in total. The highest BCUT2D eigenvalue weighted by molar-refractivity contribution is 5.76. The molecule has 0 aromatic heterocycles. The van der Waals surface area contributed by atoms with Crippen molar-refractivity contribution in [2.24, 2.45) is 17.3 Å². The topological polar surface area (TPSA) is 40.5 Å². The summed E-state index contributed by atoms with van der Waals surface area (Å²) < 4.78 is 38.0. The van der Waals surface area contributed by atoms with Crippen LogP contribution in [0.25, 0.3) is 0 Å². The minimum atomic E-state index is -4.35. The van der Waals surface area contributed by atoms with E-state index in [-0.39, 0.29) is 11.3 Å². The van der Waals surface area contributed by atoms with Crippen molar-refractivity contribution in [1.29, 1.82) is 0 Å². The molecule has 4 bridgehead atoms. The first-order chi connectivity index (χ1) is 12.6. The maximum Gasteiger partial charge on any atom is 0.416 e. The Bertz CT molecular complexity index is 714. The van der Waals surface area contributed by atoms with Crippen molar-refractivity contribution in [3.63, 3.8) is 0 Å². The Morgan fingerprint density at radius 1 is 1.15 bits per heavy atom. The molecule has 1 amide bonds. The van der Waals surface area contributed by atoms with Gasteiger partial charge in [-0.3, -0.25) is 4.79 Å². The molecule has 2 atom stereocenters. The lowest BCUT2D eigenvalue weighted by atomic mass is 9.47. The molecular weight excluding hydrogens is 355 g/mol. The van der Waals surface area contributed by atoms with Gasteiger partial charge in [0.25, 0.3) is 0 Å². The Morgan fingerprint density at radius 2 is 1.74 bits per heavy atom. The molecule has 4 aliphatic carbocycles. The fourth-order valence-corrected chi connectivity index (χ4v) is 6.23. The van der Waals surface area contributed by atoms with Crippen LogP contribution in [-0.2, 0) is 17.5 Å². The standard InChI is InChI=1S/C21H26F3NO2/c1-25(12-14-2-4-17(5-3-14)21(22,23)24)18(26)11-19-7-15-6-16(8-19)10-20(27,9-15)13-19/h2-5,15-16,27H,6-13H2,1H3. The second-order valence-corrected chi connectivity index (χ2v) is 9.31. The third-order valence-corrected chi connectivity index (χ3v) is 6.80. The van der Waals surface area contributed by atoms with Gasteiger partial charge in [0.05, 0.1) is 11.2 Å². The number of amides is 1. The molecule has 148 valence electrons. The number of benzene rings is 1. The van der Waals surface area contributed by atoms with Crippen LogP contribution < -0.4 is 0 Å². The zero-order chi connectivity index (χ0) is 19.4. The van der Waals surface area contributed by atoms with Crippen LogP contribution in [0.15, 0.2) is 24.3 Å². The fourth-order valence-electron chi connectivity index (χ4n) is 6.23. The summed E-state index contributed by atoms with van der Waals surface area (Å²) in [6.45, 7) is 0.296. The van der Waals surface area contributed by atoms with E-state index >= 15 is 0 Å². The smallest absolute Gasteiger partial charge is 0.390 e. The molecule has 4 saturated carbocycles. The third kappa shape index (κ3) is 3.73. The van der Waals surface area contributed by atoms with E-state index in [1.54, 1.807) is 11.9 Å². The number of alkyl halides is 3. The predicted molar refractivity (Wildman–Crippen MR) is 94.6 cm³/mol. The van der Waals surface area contributed by atoms with Crippen LogP contribution in [0.4, 0.5) is 13.2 Å². The Balaban J connectivity index is 1.40. The van der Waals surface area contributed by atoms with Crippen LogP contribution >= 0.6 is 0 Å². The largest absolute Gasteiger partial charge is 0.416 e. The van der Waals surface area contributed by atoms with Gasteiger partial charge in [-0.1, -0.05) is 12.1 Å². The molecule has 0 spiro atoms. The molecule has 1 aromatic carbocycles. The predicted octanol–water partition coefficient (Wildman–Crippen LogP) is 4.39. The summed E-state index contributed by atoms with van der Waals surface area (Å²) in [5, 5.41) is 10.8. The molecule has 5 rings (SSSR count). The summed E-state index contributed by atoms with van der Waals surface area (Å²) in [5.41, 5.74) is -0.675. The maximum atomic E-state index is 12.8. The summed E-state index contributed by atoms with van der Waals surface area (Å²) in [7, 11) is 1.70. The number of rotatable bonds is 4. The maximum absolute atomic E-state index is 12.8. The lowest BCUT2D eigenvalue weighted by Gasteiger charge is -2.60. The normalized spacial score (nSPS) is 34.7. The van der Waals surface area contributed by atoms with Crippen molar-refractivity contribution in [3.8, 4) is 0 Å². The summed E-state index contributed by atoms with van der Waals surface area (Å²) in [4.78, 5) is 14.4. The van der Waals surface area contributed by atoms with Crippen molar-refractivity contribution in [2.45, 2.75) is 63.3 Å². The number of carbonyl (C=O) groups is 1. The van der Waals surface area contributed by atoms with E-state index in [0.29, 0.717) is 36.8 Å². The van der Waals surface area contributed by atoms with E-state index in [1.807, 2.05) is 0 Å². The first kappa shape index (κ1) is 18.8. The molecular formula is C21H26F3NO2. The van der Waals surface area contributed by atoms with Crippen molar-refractivity contribution in [3.05, 3.63) is 35.4 Å². The van der Waals surface area contributed by atoms with E-state index in [0.717, 1.165) is 37.8 Å². The lowest BCUT2D eigenvalue weighted by molar-refractivity contribution is -0.171. The molecule has 0 heterocycles. The summed E-state index contributed by atoms with van der Waals surface area (Å²) in [5.74, 6) is 1.08. The van der Waals surface area contributed by atoms with Gasteiger partial charge in [-0.2, -0.15) is 13.2 Å². The molecule has 0 saturated heterocycles. The van der Waals surface area contributed by atoms with Crippen LogP contribution in [0, 0.1) is 17.3 Å². The average molecular weight is 381 g/mol. The van der Waals surface area contributed by atoms with Gasteiger partial charge in [0.15, 0.2) is 0 Å². The molecule has 1 aromatic rings. The highest BCUT2D eigenvalue weighted by Gasteiger charge is 2.57. The van der Waals surface area contributed by atoms with E-state index in [9.17, 15) is 23.1 Å². The van der Waals surface area contributed by atoms with Crippen molar-refractivity contribution >= 4 is 5.91 Å². The first-order valence-electron chi connectivity index (χ1n) is 9.68. The minimum absolute atomic E-state index is 0.0143. The van der Waals surface area contributed by atoms with E-state index in [2.05, 4.69) is 0 Å². The summed E-state index contributed by atoms with van der Waals surface area (Å²) in [6.07, 6.45) is 1.77. The molecule has 6 heteroatoms. The molecule has 27 heavy (non-hydrogen) atoms. The first-order valence-corrected chi connectivity index (χ1v) is 9.68. The number of aliphatic hydroxyl groups is 1. The summed E-state index contributed by atoms with van der Waals surface area (Å²) in [6, 6.07) is 4.98. The Morgan fingerprint density at radius 3 is 2.26 bits per heavy atom. The molecule has 0 aliphatic heterocycles. The minimum Gasteiger partial charge on any atom is -0.390 e. The second kappa shape index (κ2) is 6.23. The van der Waals surface area contributed by atoms with E-state index < -0.39 is 17.3 Å². The van der Waals surface area contributed by atoms with Crippen molar-refractivity contribution in [1.82, 2.24) is 4.90 Å². The molecule has 4 fully saturated rings. The van der Waals surface area contributed by atoms with Crippen LogP contribution in [0.2, 0.25) is 0 Å². The highest BCUT2D eigenvalue weighted by atomic mass is 19.4. The van der Waals surface area contributed by atoms with Crippen LogP contribution in [-0.4, -0.2) is 28.6 Å². The van der Waals surface area contributed by atoms with E-state index in [1.165, 1.54) is 18.6 Å².